The smallest absolute Gasteiger partial charge is 0.434 e. The lowest BCUT2D eigenvalue weighted by molar-refractivity contribution is 0.150. The molecule has 1 heterocycles. The quantitative estimate of drug-likeness (QED) is 0.743. The molecule has 5 heteroatoms. The van der Waals surface area contributed by atoms with Gasteiger partial charge in [0.1, 0.15) is 6.61 Å². The van der Waals surface area contributed by atoms with Crippen molar-refractivity contribution in [3.8, 4) is 5.69 Å². The van der Waals surface area contributed by atoms with E-state index in [0.717, 1.165) is 16.8 Å². The Bertz CT molecular complexity index is 864. The van der Waals surface area contributed by atoms with Crippen molar-refractivity contribution in [3.63, 3.8) is 0 Å². The fourth-order valence-electron chi connectivity index (χ4n) is 2.12. The van der Waals surface area contributed by atoms with Crippen LogP contribution in [0.25, 0.3) is 5.69 Å². The summed E-state index contributed by atoms with van der Waals surface area (Å²) in [5.41, 5.74) is 3.03. The Morgan fingerprint density at radius 2 is 1.83 bits per heavy atom. The van der Waals surface area contributed by atoms with E-state index in [1.165, 1.54) is 6.20 Å². The lowest BCUT2D eigenvalue weighted by atomic mass is 10.2. The minimum absolute atomic E-state index is 0.201. The van der Waals surface area contributed by atoms with Crippen molar-refractivity contribution in [2.75, 3.05) is 0 Å². The predicted molar refractivity (Wildman–Crippen MR) is 90.5 cm³/mol. The molecule has 24 heavy (non-hydrogen) atoms. The Morgan fingerprint density at radius 3 is 2.50 bits per heavy atom. The molecule has 0 aliphatic heterocycles. The van der Waals surface area contributed by atoms with E-state index in [1.807, 2.05) is 61.5 Å². The van der Waals surface area contributed by atoms with Crippen LogP contribution in [0.4, 0.5) is 4.79 Å². The first kappa shape index (κ1) is 15.7. The highest BCUT2D eigenvalue weighted by atomic mass is 16.5. The molecule has 2 aromatic carbocycles. The van der Waals surface area contributed by atoms with Gasteiger partial charge in [0.05, 0.1) is 17.2 Å². The summed E-state index contributed by atoms with van der Waals surface area (Å²) in [7, 11) is 0. The molecule has 0 aliphatic rings. The predicted octanol–water partition coefficient (Wildman–Crippen LogP) is 3.42. The maximum absolute atomic E-state index is 11.8. The summed E-state index contributed by atoms with van der Waals surface area (Å²) in [5.74, 6) is 0. The highest BCUT2D eigenvalue weighted by Gasteiger charge is 2.01. The number of hydrogen-bond acceptors (Lipinski definition) is 3. The normalized spacial score (nSPS) is 11.3. The van der Waals surface area contributed by atoms with E-state index in [9.17, 15) is 4.79 Å². The fraction of sp³-hybridized carbons (Fsp3) is 0.105. The van der Waals surface area contributed by atoms with Gasteiger partial charge in [-0.05, 0) is 30.7 Å². The third kappa shape index (κ3) is 4.16. The van der Waals surface area contributed by atoms with Crippen molar-refractivity contribution in [2.45, 2.75) is 13.5 Å². The molecule has 0 saturated carbocycles. The Morgan fingerprint density at radius 1 is 1.08 bits per heavy atom. The highest BCUT2D eigenvalue weighted by Crippen LogP contribution is 2.05. The first-order chi connectivity index (χ1) is 11.7. The molecule has 0 aliphatic carbocycles. The first-order valence-electron chi connectivity index (χ1n) is 7.58. The van der Waals surface area contributed by atoms with Crippen LogP contribution in [0.3, 0.4) is 0 Å². The Hall–Kier alpha value is -3.21. The maximum Gasteiger partial charge on any atom is 0.434 e. The number of benzene rings is 2. The minimum atomic E-state index is -0.630. The molecule has 0 spiro atoms. The molecule has 0 bridgehead atoms. The van der Waals surface area contributed by atoms with Gasteiger partial charge in [0.2, 0.25) is 0 Å². The number of ether oxygens (including phenoxy) is 1. The van der Waals surface area contributed by atoms with Crippen molar-refractivity contribution < 1.29 is 9.53 Å². The number of rotatable bonds is 3. The van der Waals surface area contributed by atoms with E-state index in [4.69, 9.17) is 4.74 Å². The number of hydrogen-bond donors (Lipinski definition) is 0. The van der Waals surface area contributed by atoms with Crippen molar-refractivity contribution >= 4 is 6.09 Å². The molecule has 0 saturated heterocycles. The molecule has 0 unspecified atom stereocenters. The van der Waals surface area contributed by atoms with Gasteiger partial charge in [-0.2, -0.15) is 10.1 Å². The second kappa shape index (κ2) is 7.37. The van der Waals surface area contributed by atoms with Crippen LogP contribution in [0.1, 0.15) is 11.1 Å². The fourth-order valence-corrected chi connectivity index (χ4v) is 2.12. The zero-order valence-electron chi connectivity index (χ0n) is 13.3. The zero-order chi connectivity index (χ0) is 16.8. The number of amides is 1. The van der Waals surface area contributed by atoms with Gasteiger partial charge in [0.25, 0.3) is 0 Å². The summed E-state index contributed by atoms with van der Waals surface area (Å²) in [4.78, 5) is 15.7. The minimum Gasteiger partial charge on any atom is -0.443 e. The number of para-hydroxylation sites is 1. The van der Waals surface area contributed by atoms with Gasteiger partial charge in [0.15, 0.2) is 0 Å². The number of carbonyl (C=O) groups is 1. The summed E-state index contributed by atoms with van der Waals surface area (Å²) >= 11 is 0. The van der Waals surface area contributed by atoms with E-state index in [0.29, 0.717) is 5.36 Å². The van der Waals surface area contributed by atoms with Gasteiger partial charge < -0.3 is 4.74 Å². The van der Waals surface area contributed by atoms with Crippen LogP contribution >= 0.6 is 0 Å². The molecule has 1 aromatic heterocycles. The van der Waals surface area contributed by atoms with Crippen LogP contribution in [-0.4, -0.2) is 15.9 Å². The third-order valence-electron chi connectivity index (χ3n) is 3.42. The number of carbonyl (C=O) groups excluding carboxylic acids is 1. The molecule has 3 aromatic rings. The largest absolute Gasteiger partial charge is 0.443 e. The van der Waals surface area contributed by atoms with Crippen molar-refractivity contribution in [1.29, 1.82) is 0 Å². The second-order valence-electron chi connectivity index (χ2n) is 5.32. The topological polar surface area (TPSA) is 56.5 Å². The van der Waals surface area contributed by atoms with Gasteiger partial charge in [-0.1, -0.05) is 48.0 Å². The Balaban J connectivity index is 1.65. The second-order valence-corrected chi connectivity index (χ2v) is 5.32. The molecular weight excluding hydrogens is 302 g/mol. The van der Waals surface area contributed by atoms with Crippen LogP contribution in [0.15, 0.2) is 78.0 Å². The molecule has 3 rings (SSSR count). The average molecular weight is 319 g/mol. The zero-order valence-corrected chi connectivity index (χ0v) is 13.3. The third-order valence-corrected chi connectivity index (χ3v) is 3.42. The van der Waals surface area contributed by atoms with E-state index in [1.54, 1.807) is 16.9 Å². The molecule has 1 amide bonds. The molecule has 120 valence electrons. The lowest BCUT2D eigenvalue weighted by Crippen LogP contribution is -2.12. The monoisotopic (exact) mass is 319 g/mol. The molecule has 0 N–H and O–H groups in total. The summed E-state index contributed by atoms with van der Waals surface area (Å²) < 4.78 is 6.85. The van der Waals surface area contributed by atoms with E-state index >= 15 is 0 Å². The van der Waals surface area contributed by atoms with E-state index in [-0.39, 0.29) is 6.61 Å². The standard InChI is InChI=1S/C19H17N3O2/c1-15-7-9-16(10-8-15)14-24-19(23)21-17-11-12-22(20-13-17)18-5-3-2-4-6-18/h2-13H,14H2,1H3/b21-17+. The molecule has 0 fully saturated rings. The van der Waals surface area contributed by atoms with E-state index < -0.39 is 6.09 Å². The average Bonchev–Trinajstić information content (AvgIpc) is 2.63. The van der Waals surface area contributed by atoms with Crippen LogP contribution in [-0.2, 0) is 11.3 Å². The van der Waals surface area contributed by atoms with Crippen LogP contribution in [0, 0.1) is 6.92 Å². The molecule has 0 radical (unpaired) electrons. The number of aromatic nitrogens is 2. The van der Waals surface area contributed by atoms with Crippen molar-refractivity contribution in [1.82, 2.24) is 9.78 Å². The van der Waals surface area contributed by atoms with Crippen LogP contribution < -0.4 is 5.36 Å². The Kier molecular flexibility index (Phi) is 4.81. The van der Waals surface area contributed by atoms with Gasteiger partial charge in [-0.25, -0.2) is 9.48 Å². The summed E-state index contributed by atoms with van der Waals surface area (Å²) in [6, 6.07) is 19.2. The van der Waals surface area contributed by atoms with Crippen LogP contribution in [0.2, 0.25) is 0 Å². The molecular formula is C19H17N3O2. The summed E-state index contributed by atoms with van der Waals surface area (Å²) in [6.45, 7) is 2.21. The lowest BCUT2D eigenvalue weighted by Gasteiger charge is -2.04. The molecule has 0 atom stereocenters. The van der Waals surface area contributed by atoms with Gasteiger partial charge in [0, 0.05) is 6.20 Å². The first-order valence-corrected chi connectivity index (χ1v) is 7.58. The summed E-state index contributed by atoms with van der Waals surface area (Å²) in [6.07, 6.45) is 2.65. The van der Waals surface area contributed by atoms with Crippen LogP contribution in [0.5, 0.6) is 0 Å². The van der Waals surface area contributed by atoms with Crippen molar-refractivity contribution in [3.05, 3.63) is 89.5 Å². The number of nitrogens with zero attached hydrogens (tertiary/aromatic N) is 3. The highest BCUT2D eigenvalue weighted by molar-refractivity contribution is 5.68. The number of aryl methyl sites for hydroxylation is 1. The maximum atomic E-state index is 11.8. The summed E-state index contributed by atoms with van der Waals surface area (Å²) in [5, 5.41) is 4.70. The molecule has 5 nitrogen and oxygen atoms in total. The van der Waals surface area contributed by atoms with E-state index in [2.05, 4.69) is 10.1 Å². The van der Waals surface area contributed by atoms with Gasteiger partial charge >= 0.3 is 6.09 Å². The van der Waals surface area contributed by atoms with Gasteiger partial charge in [-0.15, -0.1) is 0 Å². The Labute approximate surface area is 139 Å². The SMILES string of the molecule is Cc1ccc(COC(=O)/N=c2\ccn(-c3ccccc3)nc2)cc1. The van der Waals surface area contributed by atoms with Crippen molar-refractivity contribution in [2.24, 2.45) is 4.99 Å². The van der Waals surface area contributed by atoms with Gasteiger partial charge in [-0.3, -0.25) is 0 Å².